The van der Waals surface area contributed by atoms with E-state index in [0.29, 0.717) is 24.6 Å². The molecule has 1 aliphatic heterocycles. The Bertz CT molecular complexity index is 962. The highest BCUT2D eigenvalue weighted by molar-refractivity contribution is 5.99. The fourth-order valence-corrected chi connectivity index (χ4v) is 3.40. The van der Waals surface area contributed by atoms with Crippen LogP contribution < -0.4 is 5.32 Å². The molecule has 0 radical (unpaired) electrons. The van der Waals surface area contributed by atoms with Gasteiger partial charge in [-0.1, -0.05) is 0 Å². The Morgan fingerprint density at radius 1 is 1.17 bits per heavy atom. The third-order valence-electron chi connectivity index (χ3n) is 4.95. The van der Waals surface area contributed by atoms with Gasteiger partial charge in [0.05, 0.1) is 17.2 Å². The maximum absolute atomic E-state index is 12.8. The predicted molar refractivity (Wildman–Crippen MR) is 95.3 cm³/mol. The number of nitrogens with one attached hydrogen (secondary N) is 1. The van der Waals surface area contributed by atoms with E-state index in [1.807, 2.05) is 0 Å². The Morgan fingerprint density at radius 3 is 2.48 bits per heavy atom. The molecule has 1 aliphatic rings. The van der Waals surface area contributed by atoms with Crippen LogP contribution in [0, 0.1) is 18.8 Å². The Kier molecular flexibility index (Phi) is 5.56. The number of carboxylic acid groups (broad SMARTS) is 1. The average Bonchev–Trinajstić information content (AvgIpc) is 2.67. The second-order valence-electron chi connectivity index (χ2n) is 6.90. The van der Waals surface area contributed by atoms with Crippen LogP contribution in [-0.4, -0.2) is 45.3 Å². The lowest BCUT2D eigenvalue weighted by atomic mass is 9.82. The third-order valence-corrected chi connectivity index (χ3v) is 4.95. The number of aliphatic carboxylic acids is 1. The van der Waals surface area contributed by atoms with Crippen LogP contribution in [0.1, 0.15) is 28.0 Å². The number of carbonyl (C=O) groups excluding carboxylic acids is 1. The minimum Gasteiger partial charge on any atom is -0.507 e. The van der Waals surface area contributed by atoms with Gasteiger partial charge in [0.15, 0.2) is 5.78 Å². The van der Waals surface area contributed by atoms with Crippen LogP contribution in [0.3, 0.4) is 0 Å². The zero-order valence-electron chi connectivity index (χ0n) is 15.3. The zero-order chi connectivity index (χ0) is 21.3. The summed E-state index contributed by atoms with van der Waals surface area (Å²) in [5.74, 6) is -3.76. The number of phenolic OH excluding ortho intramolecular Hbond substituents is 1. The lowest BCUT2D eigenvalue weighted by Crippen LogP contribution is -2.44. The molecule has 2 unspecified atom stereocenters. The molecule has 0 bridgehead atoms. The van der Waals surface area contributed by atoms with Crippen LogP contribution >= 0.6 is 0 Å². The van der Waals surface area contributed by atoms with Crippen molar-refractivity contribution in [2.24, 2.45) is 11.8 Å². The summed E-state index contributed by atoms with van der Waals surface area (Å²) in [7, 11) is 0. The van der Waals surface area contributed by atoms with Gasteiger partial charge in [0, 0.05) is 18.0 Å². The number of hydrogen-bond acceptors (Lipinski definition) is 6. The molecule has 1 aromatic heterocycles. The van der Waals surface area contributed by atoms with Crippen LogP contribution in [0.25, 0.3) is 11.3 Å². The molecule has 10 heteroatoms. The SMILES string of the molecule is Cc1cc(C(=O)C2CNCCC2C(=O)O)nnc1-c1ccc(C(F)(F)F)cc1O. The predicted octanol–water partition coefficient (Wildman–Crippen LogP) is 2.67. The van der Waals surface area contributed by atoms with Gasteiger partial charge in [-0.2, -0.15) is 13.2 Å². The molecule has 2 aromatic rings. The number of aromatic hydroxyl groups is 1. The summed E-state index contributed by atoms with van der Waals surface area (Å²) in [5, 5.41) is 30.1. The number of ketones is 1. The van der Waals surface area contributed by atoms with Crippen LogP contribution in [0.5, 0.6) is 5.75 Å². The molecule has 0 spiro atoms. The normalized spacial score (nSPS) is 19.7. The number of piperidine rings is 1. The standard InChI is InChI=1S/C19H18F3N3O4/c1-9-6-14(17(27)13-8-23-5-4-11(13)18(28)29)24-25-16(9)12-3-2-10(7-15(12)26)19(20,21)22/h2-3,6-7,11,13,23,26H,4-5,8H2,1H3,(H,28,29). The second kappa shape index (κ2) is 7.78. The minimum absolute atomic E-state index is 0.0300. The van der Waals surface area contributed by atoms with Gasteiger partial charge < -0.3 is 15.5 Å². The van der Waals surface area contributed by atoms with Crippen LogP contribution in [0.4, 0.5) is 13.2 Å². The van der Waals surface area contributed by atoms with Gasteiger partial charge in [0.2, 0.25) is 0 Å². The zero-order valence-corrected chi connectivity index (χ0v) is 15.3. The fraction of sp³-hybridized carbons (Fsp3) is 0.368. The Hall–Kier alpha value is -3.01. The first-order valence-electron chi connectivity index (χ1n) is 8.82. The van der Waals surface area contributed by atoms with Gasteiger partial charge in [-0.15, -0.1) is 10.2 Å². The first-order chi connectivity index (χ1) is 13.6. The molecule has 1 aromatic carbocycles. The van der Waals surface area contributed by atoms with E-state index in [0.717, 1.165) is 12.1 Å². The number of aryl methyl sites for hydroxylation is 1. The number of halogens is 3. The number of carbonyl (C=O) groups is 2. The highest BCUT2D eigenvalue weighted by Gasteiger charge is 2.37. The molecule has 2 heterocycles. The number of Topliss-reactive ketones (excluding diaryl/α,β-unsaturated/α-hetero) is 1. The van der Waals surface area contributed by atoms with Crippen LogP contribution in [0.15, 0.2) is 24.3 Å². The Morgan fingerprint density at radius 2 is 1.90 bits per heavy atom. The highest BCUT2D eigenvalue weighted by Crippen LogP contribution is 2.36. The van der Waals surface area contributed by atoms with E-state index in [1.165, 1.54) is 6.07 Å². The first kappa shape index (κ1) is 20.7. The largest absolute Gasteiger partial charge is 0.507 e. The van der Waals surface area contributed by atoms with Crippen molar-refractivity contribution in [3.05, 3.63) is 41.1 Å². The smallest absolute Gasteiger partial charge is 0.416 e. The summed E-state index contributed by atoms with van der Waals surface area (Å²) < 4.78 is 38.3. The number of nitrogens with zero attached hydrogens (tertiary/aromatic N) is 2. The van der Waals surface area contributed by atoms with Crippen molar-refractivity contribution in [3.63, 3.8) is 0 Å². The quantitative estimate of drug-likeness (QED) is 0.666. The van der Waals surface area contributed by atoms with Gasteiger partial charge in [0.25, 0.3) is 0 Å². The molecule has 3 N–H and O–H groups in total. The van der Waals surface area contributed by atoms with E-state index >= 15 is 0 Å². The minimum atomic E-state index is -4.60. The molecule has 2 atom stereocenters. The third kappa shape index (κ3) is 4.21. The molecular formula is C19H18F3N3O4. The Balaban J connectivity index is 1.91. The summed E-state index contributed by atoms with van der Waals surface area (Å²) in [6, 6.07) is 3.90. The number of phenols is 1. The second-order valence-corrected chi connectivity index (χ2v) is 6.90. The van der Waals surface area contributed by atoms with E-state index in [1.54, 1.807) is 6.92 Å². The Labute approximate surface area is 163 Å². The summed E-state index contributed by atoms with van der Waals surface area (Å²) >= 11 is 0. The molecule has 154 valence electrons. The maximum atomic E-state index is 12.8. The van der Waals surface area contributed by atoms with Crippen molar-refractivity contribution in [3.8, 4) is 17.0 Å². The molecule has 0 amide bonds. The topological polar surface area (TPSA) is 112 Å². The van der Waals surface area contributed by atoms with Crippen molar-refractivity contribution >= 4 is 11.8 Å². The summed E-state index contributed by atoms with van der Waals surface area (Å²) in [5.41, 5.74) is -0.443. The van der Waals surface area contributed by atoms with Gasteiger partial charge >= 0.3 is 12.1 Å². The van der Waals surface area contributed by atoms with Crippen molar-refractivity contribution in [1.29, 1.82) is 0 Å². The average molecular weight is 409 g/mol. The molecule has 0 aliphatic carbocycles. The fourth-order valence-electron chi connectivity index (χ4n) is 3.40. The number of rotatable bonds is 4. The summed E-state index contributed by atoms with van der Waals surface area (Å²) in [4.78, 5) is 24.2. The molecule has 1 fully saturated rings. The summed E-state index contributed by atoms with van der Waals surface area (Å²) in [6.07, 6.45) is -4.28. The van der Waals surface area contributed by atoms with Gasteiger partial charge in [-0.25, -0.2) is 0 Å². The summed E-state index contributed by atoms with van der Waals surface area (Å²) in [6.45, 7) is 2.28. The van der Waals surface area contributed by atoms with E-state index in [4.69, 9.17) is 0 Å². The number of alkyl halides is 3. The molecular weight excluding hydrogens is 391 g/mol. The number of benzene rings is 1. The first-order valence-corrected chi connectivity index (χ1v) is 8.82. The molecule has 29 heavy (non-hydrogen) atoms. The van der Waals surface area contributed by atoms with E-state index in [2.05, 4.69) is 15.5 Å². The van der Waals surface area contributed by atoms with Crippen molar-refractivity contribution in [2.75, 3.05) is 13.1 Å². The molecule has 3 rings (SSSR count). The lowest BCUT2D eigenvalue weighted by Gasteiger charge is -2.27. The molecule has 1 saturated heterocycles. The number of hydrogen-bond donors (Lipinski definition) is 3. The van der Waals surface area contributed by atoms with E-state index in [9.17, 15) is 33.0 Å². The van der Waals surface area contributed by atoms with E-state index in [-0.39, 0.29) is 23.5 Å². The van der Waals surface area contributed by atoms with Crippen LogP contribution in [-0.2, 0) is 11.0 Å². The molecule has 7 nitrogen and oxygen atoms in total. The van der Waals surface area contributed by atoms with Crippen LogP contribution in [0.2, 0.25) is 0 Å². The van der Waals surface area contributed by atoms with Gasteiger partial charge in [0.1, 0.15) is 11.4 Å². The lowest BCUT2D eigenvalue weighted by molar-refractivity contribution is -0.144. The van der Waals surface area contributed by atoms with Crippen molar-refractivity contribution in [2.45, 2.75) is 19.5 Å². The van der Waals surface area contributed by atoms with Crippen molar-refractivity contribution in [1.82, 2.24) is 15.5 Å². The monoisotopic (exact) mass is 409 g/mol. The number of carboxylic acids is 1. The van der Waals surface area contributed by atoms with Crippen molar-refractivity contribution < 1.29 is 33.0 Å². The highest BCUT2D eigenvalue weighted by atomic mass is 19.4. The van der Waals surface area contributed by atoms with Gasteiger partial charge in [-0.05, 0) is 49.7 Å². The number of aromatic nitrogens is 2. The molecule has 0 saturated carbocycles. The maximum Gasteiger partial charge on any atom is 0.416 e. The van der Waals surface area contributed by atoms with E-state index < -0.39 is 41.1 Å². The van der Waals surface area contributed by atoms with Gasteiger partial charge in [-0.3, -0.25) is 9.59 Å².